The first-order valence-corrected chi connectivity index (χ1v) is 6.60. The summed E-state index contributed by atoms with van der Waals surface area (Å²) in [6.45, 7) is 2.23. The molecule has 100 valence electrons. The minimum Gasteiger partial charge on any atom is -0.395 e. The van der Waals surface area contributed by atoms with Crippen LogP contribution in [0.15, 0.2) is 54.9 Å². The van der Waals surface area contributed by atoms with Crippen molar-refractivity contribution in [2.45, 2.75) is 25.4 Å². The number of aromatic nitrogens is 1. The molecule has 3 nitrogen and oxygen atoms in total. The zero-order valence-electron chi connectivity index (χ0n) is 11.2. The van der Waals surface area contributed by atoms with Crippen molar-refractivity contribution >= 4 is 0 Å². The maximum Gasteiger partial charge on any atom is 0.0588 e. The van der Waals surface area contributed by atoms with E-state index in [0.29, 0.717) is 0 Å². The Morgan fingerprint density at radius 2 is 1.79 bits per heavy atom. The summed E-state index contributed by atoms with van der Waals surface area (Å²) in [5.74, 6) is 0. The van der Waals surface area contributed by atoms with E-state index in [1.807, 2.05) is 30.3 Å². The van der Waals surface area contributed by atoms with E-state index in [9.17, 15) is 5.11 Å². The first-order chi connectivity index (χ1) is 9.29. The lowest BCUT2D eigenvalue weighted by Gasteiger charge is -2.22. The van der Waals surface area contributed by atoms with Gasteiger partial charge in [-0.05, 0) is 36.6 Å². The third kappa shape index (κ3) is 4.16. The molecule has 0 aliphatic carbocycles. The second-order valence-corrected chi connectivity index (χ2v) is 4.74. The Morgan fingerprint density at radius 1 is 1.11 bits per heavy atom. The molecule has 2 atom stereocenters. The Bertz CT molecular complexity index is 473. The van der Waals surface area contributed by atoms with Crippen LogP contribution in [0.4, 0.5) is 0 Å². The SMILES string of the molecule is CC(N[C@@H](CO)Cc1ccccc1)c1ccncc1. The molecule has 0 fully saturated rings. The first-order valence-electron chi connectivity index (χ1n) is 6.60. The number of aliphatic hydroxyl groups is 1. The van der Waals surface area contributed by atoms with Crippen molar-refractivity contribution in [3.05, 3.63) is 66.0 Å². The van der Waals surface area contributed by atoms with Crippen molar-refractivity contribution in [1.82, 2.24) is 10.3 Å². The molecule has 0 saturated carbocycles. The molecule has 19 heavy (non-hydrogen) atoms. The lowest BCUT2D eigenvalue weighted by molar-refractivity contribution is 0.232. The van der Waals surface area contributed by atoms with Crippen molar-refractivity contribution in [2.75, 3.05) is 6.61 Å². The lowest BCUT2D eigenvalue weighted by Crippen LogP contribution is -2.36. The fourth-order valence-electron chi connectivity index (χ4n) is 2.18. The number of hydrogen-bond acceptors (Lipinski definition) is 3. The van der Waals surface area contributed by atoms with Crippen LogP contribution in [-0.2, 0) is 6.42 Å². The molecule has 1 aromatic carbocycles. The average molecular weight is 256 g/mol. The first kappa shape index (κ1) is 13.7. The highest BCUT2D eigenvalue weighted by molar-refractivity contribution is 5.17. The number of nitrogens with zero attached hydrogens (tertiary/aromatic N) is 1. The Morgan fingerprint density at radius 3 is 2.42 bits per heavy atom. The van der Waals surface area contributed by atoms with Crippen LogP contribution >= 0.6 is 0 Å². The third-order valence-electron chi connectivity index (χ3n) is 3.24. The molecule has 0 radical (unpaired) electrons. The van der Waals surface area contributed by atoms with Gasteiger partial charge in [-0.15, -0.1) is 0 Å². The summed E-state index contributed by atoms with van der Waals surface area (Å²) in [6.07, 6.45) is 4.41. The molecular weight excluding hydrogens is 236 g/mol. The fraction of sp³-hybridized carbons (Fsp3) is 0.312. The van der Waals surface area contributed by atoms with Crippen molar-refractivity contribution in [2.24, 2.45) is 0 Å². The topological polar surface area (TPSA) is 45.1 Å². The third-order valence-corrected chi connectivity index (χ3v) is 3.24. The largest absolute Gasteiger partial charge is 0.395 e. The second-order valence-electron chi connectivity index (χ2n) is 4.74. The summed E-state index contributed by atoms with van der Waals surface area (Å²) in [6, 6.07) is 14.5. The van der Waals surface area contributed by atoms with Crippen LogP contribution < -0.4 is 5.32 Å². The fourth-order valence-corrected chi connectivity index (χ4v) is 2.18. The normalized spacial score (nSPS) is 14.0. The zero-order chi connectivity index (χ0) is 13.5. The van der Waals surface area contributed by atoms with Crippen molar-refractivity contribution in [3.8, 4) is 0 Å². The molecule has 2 rings (SSSR count). The number of nitrogens with one attached hydrogen (secondary N) is 1. The van der Waals surface area contributed by atoms with Gasteiger partial charge in [-0.2, -0.15) is 0 Å². The summed E-state index contributed by atoms with van der Waals surface area (Å²) in [7, 11) is 0. The molecule has 1 unspecified atom stereocenters. The van der Waals surface area contributed by atoms with Gasteiger partial charge in [-0.1, -0.05) is 30.3 Å². The second kappa shape index (κ2) is 7.02. The Labute approximate surface area is 114 Å². The monoisotopic (exact) mass is 256 g/mol. The van der Waals surface area contributed by atoms with Crippen LogP contribution in [0.2, 0.25) is 0 Å². The van der Waals surface area contributed by atoms with Crippen LogP contribution in [0.3, 0.4) is 0 Å². The van der Waals surface area contributed by atoms with E-state index in [1.54, 1.807) is 12.4 Å². The van der Waals surface area contributed by atoms with Crippen LogP contribution in [0.1, 0.15) is 24.1 Å². The Kier molecular flexibility index (Phi) is 5.07. The molecular formula is C16H20N2O. The van der Waals surface area contributed by atoms with Gasteiger partial charge in [0.15, 0.2) is 0 Å². The molecule has 3 heteroatoms. The van der Waals surface area contributed by atoms with Gasteiger partial charge in [-0.25, -0.2) is 0 Å². The van der Waals surface area contributed by atoms with Gasteiger partial charge < -0.3 is 10.4 Å². The molecule has 0 aliphatic rings. The summed E-state index contributed by atoms with van der Waals surface area (Å²) < 4.78 is 0. The highest BCUT2D eigenvalue weighted by Crippen LogP contribution is 2.12. The van der Waals surface area contributed by atoms with E-state index >= 15 is 0 Å². The van der Waals surface area contributed by atoms with Gasteiger partial charge >= 0.3 is 0 Å². The minimum absolute atomic E-state index is 0.0607. The maximum absolute atomic E-state index is 9.51. The van der Waals surface area contributed by atoms with E-state index in [1.165, 1.54) is 11.1 Å². The van der Waals surface area contributed by atoms with Crippen LogP contribution in [0.5, 0.6) is 0 Å². The number of hydrogen-bond donors (Lipinski definition) is 2. The van der Waals surface area contributed by atoms with Gasteiger partial charge in [0.25, 0.3) is 0 Å². The van der Waals surface area contributed by atoms with Gasteiger partial charge in [0.1, 0.15) is 0 Å². The predicted octanol–water partition coefficient (Wildman–Crippen LogP) is 2.34. The molecule has 0 bridgehead atoms. The van der Waals surface area contributed by atoms with E-state index in [4.69, 9.17) is 0 Å². The predicted molar refractivity (Wildman–Crippen MR) is 76.8 cm³/mol. The van der Waals surface area contributed by atoms with Crippen molar-refractivity contribution in [1.29, 1.82) is 0 Å². The van der Waals surface area contributed by atoms with E-state index in [0.717, 1.165) is 6.42 Å². The van der Waals surface area contributed by atoms with Gasteiger partial charge in [0.2, 0.25) is 0 Å². The maximum atomic E-state index is 9.51. The van der Waals surface area contributed by atoms with Crippen molar-refractivity contribution in [3.63, 3.8) is 0 Å². The number of aliphatic hydroxyl groups excluding tert-OH is 1. The zero-order valence-corrected chi connectivity index (χ0v) is 11.2. The van der Waals surface area contributed by atoms with Gasteiger partial charge in [0.05, 0.1) is 6.61 Å². The van der Waals surface area contributed by atoms with Gasteiger partial charge in [0, 0.05) is 24.5 Å². The smallest absolute Gasteiger partial charge is 0.0588 e. The molecule has 0 amide bonds. The molecule has 0 spiro atoms. The summed E-state index contributed by atoms with van der Waals surface area (Å²) in [5.41, 5.74) is 2.41. The number of benzene rings is 1. The van der Waals surface area contributed by atoms with Crippen LogP contribution in [-0.4, -0.2) is 22.7 Å². The van der Waals surface area contributed by atoms with Crippen LogP contribution in [0, 0.1) is 0 Å². The number of rotatable bonds is 6. The average Bonchev–Trinajstić information content (AvgIpc) is 2.48. The van der Waals surface area contributed by atoms with Crippen molar-refractivity contribution < 1.29 is 5.11 Å². The summed E-state index contributed by atoms with van der Waals surface area (Å²) in [4.78, 5) is 4.02. The highest BCUT2D eigenvalue weighted by atomic mass is 16.3. The molecule has 2 aromatic rings. The van der Waals surface area contributed by atoms with E-state index in [2.05, 4.69) is 29.4 Å². The summed E-state index contributed by atoms with van der Waals surface area (Å²) in [5, 5.41) is 13.0. The molecule has 0 aliphatic heterocycles. The Balaban J connectivity index is 1.96. The molecule has 1 heterocycles. The van der Waals surface area contributed by atoms with Crippen LogP contribution in [0.25, 0.3) is 0 Å². The number of pyridine rings is 1. The molecule has 2 N–H and O–H groups in total. The highest BCUT2D eigenvalue weighted by Gasteiger charge is 2.13. The van der Waals surface area contributed by atoms with E-state index < -0.39 is 0 Å². The Hall–Kier alpha value is -1.71. The summed E-state index contributed by atoms with van der Waals surface area (Å²) >= 11 is 0. The quantitative estimate of drug-likeness (QED) is 0.834. The lowest BCUT2D eigenvalue weighted by atomic mass is 10.0. The molecule has 1 aromatic heterocycles. The molecule has 0 saturated heterocycles. The van der Waals surface area contributed by atoms with E-state index in [-0.39, 0.29) is 18.7 Å². The minimum atomic E-state index is 0.0607. The standard InChI is InChI=1S/C16H20N2O/c1-13(15-7-9-17-10-8-15)18-16(12-19)11-14-5-3-2-4-6-14/h2-10,13,16,18-19H,11-12H2,1H3/t13?,16-/m1/s1. The van der Waals surface area contributed by atoms with Gasteiger partial charge in [-0.3, -0.25) is 4.98 Å².